The average molecular weight is 239 g/mol. The predicted molar refractivity (Wildman–Crippen MR) is 51.7 cm³/mol. The second-order valence-corrected chi connectivity index (χ2v) is 3.60. The normalized spacial score (nSPS) is 16.1. The first-order valence-electron chi connectivity index (χ1n) is 4.37. The van der Waals surface area contributed by atoms with Crippen LogP contribution in [0, 0.1) is 0 Å². The molecule has 0 amide bonds. The maximum atomic E-state index is 12.7. The van der Waals surface area contributed by atoms with Gasteiger partial charge in [0.15, 0.2) is 5.60 Å². The molecule has 0 spiro atoms. The molecule has 0 saturated carbocycles. The molecule has 84 valence electrons. The lowest BCUT2D eigenvalue weighted by atomic mass is 9.90. The van der Waals surface area contributed by atoms with Crippen LogP contribution in [0.25, 0.3) is 0 Å². The molecule has 1 N–H and O–H groups in total. The van der Waals surface area contributed by atoms with Crippen LogP contribution >= 0.6 is 11.6 Å². The molecule has 0 fully saturated rings. The Morgan fingerprint density at radius 1 is 1.27 bits per heavy atom. The van der Waals surface area contributed by atoms with E-state index in [4.69, 9.17) is 11.6 Å². The van der Waals surface area contributed by atoms with E-state index in [0.717, 1.165) is 0 Å². The molecule has 1 atom stereocenters. The van der Waals surface area contributed by atoms with Crippen LogP contribution in [0.15, 0.2) is 24.3 Å². The minimum Gasteiger partial charge on any atom is -0.376 e. The Balaban J connectivity index is 3.30. The fraction of sp³-hybridized carbons (Fsp3) is 0.400. The molecule has 0 bridgehead atoms. The zero-order chi connectivity index (χ0) is 11.7. The molecule has 0 heterocycles. The van der Waals surface area contributed by atoms with Crippen molar-refractivity contribution in [2.75, 3.05) is 0 Å². The van der Waals surface area contributed by atoms with Crippen LogP contribution in [0.1, 0.15) is 18.9 Å². The molecule has 1 unspecified atom stereocenters. The summed E-state index contributed by atoms with van der Waals surface area (Å²) in [5, 5.41) is 9.52. The van der Waals surface area contributed by atoms with Gasteiger partial charge in [0, 0.05) is 10.6 Å². The van der Waals surface area contributed by atoms with Gasteiger partial charge in [-0.15, -0.1) is 0 Å². The standard InChI is InChI=1S/C10H10ClF3O/c1-2-9(15,10(12,13)14)7-5-3-4-6-8(7)11/h3-6,15H,2H2,1H3. The third-order valence-electron chi connectivity index (χ3n) is 2.30. The SMILES string of the molecule is CCC(O)(c1ccccc1Cl)C(F)(F)F. The van der Waals surface area contributed by atoms with Crippen molar-refractivity contribution in [1.29, 1.82) is 0 Å². The van der Waals surface area contributed by atoms with E-state index in [1.807, 2.05) is 0 Å². The van der Waals surface area contributed by atoms with Crippen molar-refractivity contribution in [2.24, 2.45) is 0 Å². The summed E-state index contributed by atoms with van der Waals surface area (Å²) in [7, 11) is 0. The van der Waals surface area contributed by atoms with Crippen molar-refractivity contribution >= 4 is 11.6 Å². The topological polar surface area (TPSA) is 20.2 Å². The van der Waals surface area contributed by atoms with Gasteiger partial charge in [0.1, 0.15) is 0 Å². The molecule has 1 aromatic rings. The Labute approximate surface area is 90.5 Å². The van der Waals surface area contributed by atoms with Crippen molar-refractivity contribution < 1.29 is 18.3 Å². The molecule has 1 rings (SSSR count). The number of aliphatic hydroxyl groups is 1. The Morgan fingerprint density at radius 3 is 2.20 bits per heavy atom. The maximum Gasteiger partial charge on any atom is 0.421 e. The molecule has 0 radical (unpaired) electrons. The van der Waals surface area contributed by atoms with E-state index in [2.05, 4.69) is 0 Å². The predicted octanol–water partition coefficient (Wildman–Crippen LogP) is 3.50. The van der Waals surface area contributed by atoms with Crippen LogP contribution in [0.3, 0.4) is 0 Å². The van der Waals surface area contributed by atoms with E-state index in [0.29, 0.717) is 0 Å². The molecule has 15 heavy (non-hydrogen) atoms. The van der Waals surface area contributed by atoms with Crippen molar-refractivity contribution in [3.8, 4) is 0 Å². The molecule has 1 aromatic carbocycles. The molecular weight excluding hydrogens is 229 g/mol. The van der Waals surface area contributed by atoms with Crippen LogP contribution in [0.4, 0.5) is 13.2 Å². The van der Waals surface area contributed by atoms with Crippen LogP contribution in [0.2, 0.25) is 5.02 Å². The number of hydrogen-bond donors (Lipinski definition) is 1. The summed E-state index contributed by atoms with van der Waals surface area (Å²) >= 11 is 5.63. The molecular formula is C10H10ClF3O. The Hall–Kier alpha value is -0.740. The van der Waals surface area contributed by atoms with Gasteiger partial charge < -0.3 is 5.11 Å². The van der Waals surface area contributed by atoms with Gasteiger partial charge in [-0.3, -0.25) is 0 Å². The van der Waals surface area contributed by atoms with E-state index < -0.39 is 18.2 Å². The fourth-order valence-electron chi connectivity index (χ4n) is 1.34. The highest BCUT2D eigenvalue weighted by atomic mass is 35.5. The quantitative estimate of drug-likeness (QED) is 0.836. The second kappa shape index (κ2) is 4.02. The van der Waals surface area contributed by atoms with Crippen molar-refractivity contribution in [1.82, 2.24) is 0 Å². The lowest BCUT2D eigenvalue weighted by Gasteiger charge is -2.30. The first-order chi connectivity index (χ1) is 6.83. The summed E-state index contributed by atoms with van der Waals surface area (Å²) < 4.78 is 38.0. The van der Waals surface area contributed by atoms with E-state index in [-0.39, 0.29) is 10.6 Å². The fourth-order valence-corrected chi connectivity index (χ4v) is 1.63. The Bertz CT molecular complexity index is 351. The van der Waals surface area contributed by atoms with Gasteiger partial charge in [-0.05, 0) is 12.5 Å². The average Bonchev–Trinajstić information content (AvgIpc) is 2.15. The summed E-state index contributed by atoms with van der Waals surface area (Å²) in [6, 6.07) is 5.43. The largest absolute Gasteiger partial charge is 0.421 e. The van der Waals surface area contributed by atoms with Gasteiger partial charge >= 0.3 is 6.18 Å². The van der Waals surface area contributed by atoms with Crippen molar-refractivity contribution in [3.63, 3.8) is 0 Å². The van der Waals surface area contributed by atoms with Crippen LogP contribution in [0.5, 0.6) is 0 Å². The van der Waals surface area contributed by atoms with Gasteiger partial charge in [-0.1, -0.05) is 36.7 Å². The number of benzene rings is 1. The van der Waals surface area contributed by atoms with Crippen LogP contribution in [-0.2, 0) is 5.60 Å². The molecule has 0 aliphatic heterocycles. The van der Waals surface area contributed by atoms with Crippen LogP contribution < -0.4 is 0 Å². The molecule has 5 heteroatoms. The zero-order valence-electron chi connectivity index (χ0n) is 7.98. The van der Waals surface area contributed by atoms with E-state index in [9.17, 15) is 18.3 Å². The summed E-state index contributed by atoms with van der Waals surface area (Å²) in [6.45, 7) is 1.26. The Kier molecular flexibility index (Phi) is 3.31. The molecule has 1 nitrogen and oxygen atoms in total. The third-order valence-corrected chi connectivity index (χ3v) is 2.63. The van der Waals surface area contributed by atoms with E-state index in [1.54, 1.807) is 0 Å². The summed E-state index contributed by atoms with van der Waals surface area (Å²) in [5.74, 6) is 0. The molecule has 0 aliphatic carbocycles. The zero-order valence-corrected chi connectivity index (χ0v) is 8.73. The van der Waals surface area contributed by atoms with Crippen molar-refractivity contribution in [3.05, 3.63) is 34.9 Å². The summed E-state index contributed by atoms with van der Waals surface area (Å²) in [5.41, 5.74) is -3.17. The first-order valence-corrected chi connectivity index (χ1v) is 4.75. The highest BCUT2D eigenvalue weighted by Crippen LogP contribution is 2.43. The molecule has 0 aromatic heterocycles. The lowest BCUT2D eigenvalue weighted by molar-refractivity contribution is -0.267. The monoisotopic (exact) mass is 238 g/mol. The minimum absolute atomic E-state index is 0.0841. The summed E-state index contributed by atoms with van der Waals surface area (Å²) in [4.78, 5) is 0. The second-order valence-electron chi connectivity index (χ2n) is 3.19. The van der Waals surface area contributed by atoms with Crippen molar-refractivity contribution in [2.45, 2.75) is 25.1 Å². The van der Waals surface area contributed by atoms with Gasteiger partial charge in [-0.25, -0.2) is 0 Å². The van der Waals surface area contributed by atoms with Gasteiger partial charge in [0.25, 0.3) is 0 Å². The van der Waals surface area contributed by atoms with E-state index in [1.165, 1.54) is 31.2 Å². The first kappa shape index (κ1) is 12.3. The maximum absolute atomic E-state index is 12.7. The highest BCUT2D eigenvalue weighted by molar-refractivity contribution is 6.31. The highest BCUT2D eigenvalue weighted by Gasteiger charge is 2.54. The molecule has 0 aliphatic rings. The van der Waals surface area contributed by atoms with E-state index >= 15 is 0 Å². The number of alkyl halides is 3. The van der Waals surface area contributed by atoms with Gasteiger partial charge in [0.2, 0.25) is 0 Å². The minimum atomic E-state index is -4.73. The number of halogens is 4. The number of hydrogen-bond acceptors (Lipinski definition) is 1. The third kappa shape index (κ3) is 2.11. The number of rotatable bonds is 2. The smallest absolute Gasteiger partial charge is 0.376 e. The summed E-state index contributed by atoms with van der Waals surface area (Å²) in [6.07, 6.45) is -5.20. The Morgan fingerprint density at radius 2 is 1.80 bits per heavy atom. The lowest BCUT2D eigenvalue weighted by Crippen LogP contribution is -2.41. The van der Waals surface area contributed by atoms with Crippen LogP contribution in [-0.4, -0.2) is 11.3 Å². The molecule has 0 saturated heterocycles. The van der Waals surface area contributed by atoms with Gasteiger partial charge in [0.05, 0.1) is 0 Å². The van der Waals surface area contributed by atoms with Gasteiger partial charge in [-0.2, -0.15) is 13.2 Å².